The molecule has 0 aromatic heterocycles. The quantitative estimate of drug-likeness (QED) is 0.369. The maximum atomic E-state index is 12.3. The summed E-state index contributed by atoms with van der Waals surface area (Å²) < 4.78 is 10.4. The summed E-state index contributed by atoms with van der Waals surface area (Å²) >= 11 is 0. The molecule has 0 aromatic carbocycles. The molecule has 0 saturated heterocycles. The van der Waals surface area contributed by atoms with Gasteiger partial charge >= 0.3 is 11.9 Å². The highest BCUT2D eigenvalue weighted by Crippen LogP contribution is 2.55. The number of fused-ring (bicyclic) bond motifs is 1. The lowest BCUT2D eigenvalue weighted by atomic mass is 9.53. The van der Waals surface area contributed by atoms with Crippen LogP contribution in [-0.4, -0.2) is 59.3 Å². The normalized spacial score (nSPS) is 35.7. The first-order chi connectivity index (χ1) is 12.6. The van der Waals surface area contributed by atoms with E-state index in [4.69, 9.17) is 14.6 Å². The van der Waals surface area contributed by atoms with Crippen LogP contribution in [0.3, 0.4) is 0 Å². The number of ether oxygens (including phenoxy) is 2. The Hall–Kier alpha value is -1.96. The van der Waals surface area contributed by atoms with Crippen LogP contribution in [0.4, 0.5) is 0 Å². The number of esters is 2. The van der Waals surface area contributed by atoms with E-state index in [0.717, 1.165) is 0 Å². The molecule has 3 N–H and O–H groups in total. The maximum Gasteiger partial charge on any atom is 0.336 e. The van der Waals surface area contributed by atoms with Crippen LogP contribution >= 0.6 is 0 Å². The maximum absolute atomic E-state index is 12.3. The van der Waals surface area contributed by atoms with Crippen molar-refractivity contribution < 1.29 is 34.4 Å². The Morgan fingerprint density at radius 2 is 1.89 bits per heavy atom. The predicted octanol–water partition coefficient (Wildman–Crippen LogP) is 0.890. The summed E-state index contributed by atoms with van der Waals surface area (Å²) in [5.74, 6) is -2.59. The summed E-state index contributed by atoms with van der Waals surface area (Å²) in [6.45, 7) is 12.5. The first kappa shape index (κ1) is 21.3. The Morgan fingerprint density at radius 1 is 1.26 bits per heavy atom. The fourth-order valence-electron chi connectivity index (χ4n) is 4.32. The van der Waals surface area contributed by atoms with Crippen LogP contribution in [0.25, 0.3) is 0 Å². The van der Waals surface area contributed by atoms with Crippen LogP contribution in [0, 0.1) is 17.3 Å². The van der Waals surface area contributed by atoms with Crippen molar-refractivity contribution in [3.8, 4) is 0 Å². The highest BCUT2D eigenvalue weighted by molar-refractivity contribution is 5.89. The fraction of sp³-hybridized carbons (Fsp3) is 0.600. The van der Waals surface area contributed by atoms with Crippen LogP contribution < -0.4 is 0 Å². The number of rotatable bonds is 5. The number of hydrogen-bond acceptors (Lipinski definition) is 7. The first-order valence-corrected chi connectivity index (χ1v) is 8.90. The van der Waals surface area contributed by atoms with E-state index in [1.807, 2.05) is 6.92 Å². The Labute approximate surface area is 159 Å². The molecule has 2 aliphatic rings. The molecule has 7 nitrogen and oxygen atoms in total. The van der Waals surface area contributed by atoms with Gasteiger partial charge in [-0.2, -0.15) is 0 Å². The smallest absolute Gasteiger partial charge is 0.336 e. The molecule has 2 aliphatic carbocycles. The monoisotopic (exact) mass is 380 g/mol. The highest BCUT2D eigenvalue weighted by Gasteiger charge is 2.57. The molecule has 0 aliphatic heterocycles. The van der Waals surface area contributed by atoms with Crippen molar-refractivity contribution in [3.05, 3.63) is 36.5 Å². The summed E-state index contributed by atoms with van der Waals surface area (Å²) in [5.41, 5.74) is -0.228. The van der Waals surface area contributed by atoms with Gasteiger partial charge in [-0.1, -0.05) is 26.7 Å². The molecule has 150 valence electrons. The molecule has 0 radical (unpaired) electrons. The van der Waals surface area contributed by atoms with Crippen molar-refractivity contribution in [2.24, 2.45) is 17.3 Å². The molecule has 2 rings (SSSR count). The van der Waals surface area contributed by atoms with Crippen LogP contribution in [0.15, 0.2) is 36.5 Å². The van der Waals surface area contributed by atoms with Gasteiger partial charge in [0.05, 0.1) is 31.5 Å². The van der Waals surface area contributed by atoms with E-state index in [1.54, 1.807) is 0 Å². The van der Waals surface area contributed by atoms with Gasteiger partial charge < -0.3 is 24.8 Å². The zero-order valence-electron chi connectivity index (χ0n) is 15.8. The van der Waals surface area contributed by atoms with Gasteiger partial charge in [-0.05, 0) is 18.4 Å². The molecule has 0 aromatic rings. The van der Waals surface area contributed by atoms with Crippen LogP contribution in [-0.2, 0) is 19.1 Å². The largest absolute Gasteiger partial charge is 0.466 e. The first-order valence-electron chi connectivity index (χ1n) is 8.90. The lowest BCUT2D eigenvalue weighted by Crippen LogP contribution is -2.58. The van der Waals surface area contributed by atoms with Gasteiger partial charge in [0.2, 0.25) is 0 Å². The molecule has 7 heteroatoms. The lowest BCUT2D eigenvalue weighted by Gasteiger charge is -2.55. The van der Waals surface area contributed by atoms with Crippen molar-refractivity contribution in [3.63, 3.8) is 0 Å². The Bertz CT molecular complexity index is 667. The number of carbonyl (C=O) groups is 2. The van der Waals surface area contributed by atoms with Gasteiger partial charge in [-0.25, -0.2) is 9.59 Å². The van der Waals surface area contributed by atoms with Crippen molar-refractivity contribution in [2.45, 2.75) is 44.5 Å². The molecule has 0 heterocycles. The van der Waals surface area contributed by atoms with Gasteiger partial charge in [0.1, 0.15) is 6.10 Å². The van der Waals surface area contributed by atoms with E-state index in [1.165, 1.54) is 7.11 Å². The number of carbonyl (C=O) groups excluding carboxylic acids is 2. The standard InChI is InChI=1S/C20H28O7/c1-10(9-21)18(24)27-17-13(11(2)19(25)26-5)6-7-20(4)15(23)8-14(22)12(3)16(17)20/h13-17,21-23H,1-3,6-9H2,4-5H3. The van der Waals surface area contributed by atoms with Crippen LogP contribution in [0.5, 0.6) is 0 Å². The minimum atomic E-state index is -0.953. The molecular weight excluding hydrogens is 352 g/mol. The third-order valence-electron chi connectivity index (χ3n) is 6.08. The molecular formula is C20H28O7. The minimum absolute atomic E-state index is 0.132. The van der Waals surface area contributed by atoms with Crippen LogP contribution in [0.1, 0.15) is 26.2 Å². The number of aliphatic hydroxyl groups is 3. The molecule has 0 amide bonds. The summed E-state index contributed by atoms with van der Waals surface area (Å²) in [5, 5.41) is 30.1. The zero-order valence-corrected chi connectivity index (χ0v) is 15.8. The molecule has 2 fully saturated rings. The second-order valence-electron chi connectivity index (χ2n) is 7.62. The van der Waals surface area contributed by atoms with Crippen molar-refractivity contribution >= 4 is 11.9 Å². The van der Waals surface area contributed by atoms with Crippen LogP contribution in [0.2, 0.25) is 0 Å². The summed E-state index contributed by atoms with van der Waals surface area (Å²) in [7, 11) is 1.24. The van der Waals surface area contributed by atoms with Crippen molar-refractivity contribution in [1.82, 2.24) is 0 Å². The van der Waals surface area contributed by atoms with Gasteiger partial charge in [-0.15, -0.1) is 0 Å². The Balaban J connectivity index is 2.47. The van der Waals surface area contributed by atoms with E-state index in [9.17, 15) is 19.8 Å². The van der Waals surface area contributed by atoms with E-state index in [2.05, 4.69) is 19.7 Å². The lowest BCUT2D eigenvalue weighted by molar-refractivity contribution is -0.171. The molecule has 6 unspecified atom stereocenters. The Kier molecular flexibility index (Phi) is 6.29. The van der Waals surface area contributed by atoms with Gasteiger partial charge in [0.15, 0.2) is 0 Å². The Morgan fingerprint density at radius 3 is 2.44 bits per heavy atom. The molecule has 6 atom stereocenters. The van der Waals surface area contributed by atoms with Gasteiger partial charge in [0, 0.05) is 29.2 Å². The van der Waals surface area contributed by atoms with Gasteiger partial charge in [-0.3, -0.25) is 0 Å². The molecule has 2 saturated carbocycles. The van der Waals surface area contributed by atoms with E-state index < -0.39 is 54.1 Å². The van der Waals surface area contributed by atoms with Crippen molar-refractivity contribution in [1.29, 1.82) is 0 Å². The molecule has 0 spiro atoms. The second-order valence-corrected chi connectivity index (χ2v) is 7.62. The summed E-state index contributed by atoms with van der Waals surface area (Å²) in [6.07, 6.45) is -1.56. The zero-order chi connectivity index (χ0) is 20.5. The second kappa shape index (κ2) is 7.96. The predicted molar refractivity (Wildman–Crippen MR) is 97.4 cm³/mol. The third-order valence-corrected chi connectivity index (χ3v) is 6.08. The minimum Gasteiger partial charge on any atom is -0.466 e. The number of hydrogen-bond donors (Lipinski definition) is 3. The average molecular weight is 380 g/mol. The third kappa shape index (κ3) is 3.72. The number of aliphatic hydroxyl groups excluding tert-OH is 3. The van der Waals surface area contributed by atoms with Crippen molar-refractivity contribution in [2.75, 3.05) is 13.7 Å². The molecule has 0 bridgehead atoms. The van der Waals surface area contributed by atoms with E-state index in [0.29, 0.717) is 18.4 Å². The summed E-state index contributed by atoms with van der Waals surface area (Å²) in [4.78, 5) is 24.4. The SMILES string of the molecule is C=C(CO)C(=O)OC1C(C(=C)C(=O)OC)CCC2(C)C(O)CC(O)C(=C)C12. The van der Waals surface area contributed by atoms with E-state index in [-0.39, 0.29) is 17.6 Å². The average Bonchev–Trinajstić information content (AvgIpc) is 2.64. The highest BCUT2D eigenvalue weighted by atomic mass is 16.5. The topological polar surface area (TPSA) is 113 Å². The number of methoxy groups -OCH3 is 1. The van der Waals surface area contributed by atoms with E-state index >= 15 is 0 Å². The van der Waals surface area contributed by atoms with Gasteiger partial charge in [0.25, 0.3) is 0 Å². The molecule has 27 heavy (non-hydrogen) atoms. The summed E-state index contributed by atoms with van der Waals surface area (Å²) in [6, 6.07) is 0. The fourth-order valence-corrected chi connectivity index (χ4v) is 4.32.